The maximum Gasteiger partial charge on any atom is 0.394 e. The van der Waals surface area contributed by atoms with E-state index in [-0.39, 0.29) is 37.4 Å². The lowest BCUT2D eigenvalue weighted by Gasteiger charge is -2.36. The van der Waals surface area contributed by atoms with Crippen LogP contribution in [0.25, 0.3) is 0 Å². The Labute approximate surface area is 277 Å². The second-order valence-electron chi connectivity index (χ2n) is 12.9. The highest BCUT2D eigenvalue weighted by Gasteiger charge is 2.41. The van der Waals surface area contributed by atoms with Gasteiger partial charge in [0.2, 0.25) is 0 Å². The van der Waals surface area contributed by atoms with E-state index in [2.05, 4.69) is 23.9 Å². The van der Waals surface area contributed by atoms with Crippen molar-refractivity contribution in [3.8, 4) is 0 Å². The number of hydrogen-bond donors (Lipinski definition) is 4. The summed E-state index contributed by atoms with van der Waals surface area (Å²) in [6.45, 7) is -0.412. The number of ether oxygens (including phenoxy) is 2. The molecule has 6 rings (SSSR count). The number of piperidine rings is 2. The second kappa shape index (κ2) is 17.0. The van der Waals surface area contributed by atoms with Crippen molar-refractivity contribution in [2.75, 3.05) is 27.3 Å². The molecule has 0 aromatic heterocycles. The van der Waals surface area contributed by atoms with Gasteiger partial charge in [-0.1, -0.05) is 60.7 Å². The summed E-state index contributed by atoms with van der Waals surface area (Å²) >= 11 is 0. The van der Waals surface area contributed by atoms with Gasteiger partial charge in [0.05, 0.1) is 13.2 Å². The van der Waals surface area contributed by atoms with E-state index in [9.17, 15) is 19.8 Å². The highest BCUT2D eigenvalue weighted by Crippen LogP contribution is 2.37. The summed E-state index contributed by atoms with van der Waals surface area (Å²) < 4.78 is 43.0. The molecule has 4 heterocycles. The molecule has 4 saturated heterocycles. The highest BCUT2D eigenvalue weighted by molar-refractivity contribution is 7.79. The van der Waals surface area contributed by atoms with Gasteiger partial charge in [-0.15, -0.1) is 0 Å². The van der Waals surface area contributed by atoms with Gasteiger partial charge in [-0.25, -0.2) is 0 Å². The maximum absolute atomic E-state index is 12.4. The number of benzene rings is 2. The zero-order chi connectivity index (χ0) is 34.1. The van der Waals surface area contributed by atoms with Crippen molar-refractivity contribution < 1.29 is 46.8 Å². The van der Waals surface area contributed by atoms with Crippen LogP contribution in [-0.2, 0) is 29.5 Å². The second-order valence-corrected chi connectivity index (χ2v) is 13.8. The lowest BCUT2D eigenvalue weighted by Crippen LogP contribution is -2.43. The molecule has 0 spiro atoms. The summed E-state index contributed by atoms with van der Waals surface area (Å²) in [7, 11) is -0.332. The van der Waals surface area contributed by atoms with Crippen LogP contribution in [0.3, 0.4) is 0 Å². The van der Waals surface area contributed by atoms with Gasteiger partial charge in [-0.3, -0.25) is 18.7 Å². The number of hydrogen-bond acceptors (Lipinski definition) is 10. The Hall–Kier alpha value is -2.91. The molecule has 2 aromatic carbocycles. The van der Waals surface area contributed by atoms with Gasteiger partial charge in [-0.05, 0) is 76.6 Å². The zero-order valence-electron chi connectivity index (χ0n) is 27.0. The molecule has 4 aliphatic heterocycles. The number of esters is 2. The predicted molar refractivity (Wildman–Crippen MR) is 174 cm³/mol. The Kier molecular flexibility index (Phi) is 13.3. The first-order chi connectivity index (χ1) is 22.4. The summed E-state index contributed by atoms with van der Waals surface area (Å²) in [5.74, 6) is -1.72. The van der Waals surface area contributed by atoms with E-state index in [1.165, 1.54) is 25.7 Å². The van der Waals surface area contributed by atoms with Crippen LogP contribution in [0.2, 0.25) is 0 Å². The van der Waals surface area contributed by atoms with Crippen LogP contribution in [0.5, 0.6) is 0 Å². The molecule has 0 saturated carbocycles. The molecule has 4 fully saturated rings. The van der Waals surface area contributed by atoms with Gasteiger partial charge in [0.15, 0.2) is 0 Å². The summed E-state index contributed by atoms with van der Waals surface area (Å²) in [5, 5.41) is 19.1. The van der Waals surface area contributed by atoms with Gasteiger partial charge in [-0.2, -0.15) is 8.42 Å². The van der Waals surface area contributed by atoms with Crippen LogP contribution in [0, 0.1) is 0 Å². The third-order valence-corrected chi connectivity index (χ3v) is 10.0. The topological polar surface area (TPSA) is 174 Å². The third-order valence-electron chi connectivity index (χ3n) is 10.0. The molecule has 47 heavy (non-hydrogen) atoms. The molecule has 0 aliphatic carbocycles. The largest absolute Gasteiger partial charge is 0.462 e. The zero-order valence-corrected chi connectivity index (χ0v) is 27.8. The van der Waals surface area contributed by atoms with Gasteiger partial charge in [0.1, 0.15) is 24.0 Å². The summed E-state index contributed by atoms with van der Waals surface area (Å²) in [4.78, 5) is 29.6. The smallest absolute Gasteiger partial charge is 0.394 e. The van der Waals surface area contributed by atoms with Crippen molar-refractivity contribution in [2.45, 2.75) is 99.6 Å². The number of aliphatic hydroxyl groups excluding tert-OH is 2. The standard InChI is InChI=1S/2C17H23NO3.H2O4S/c2*1-18-13-7-8-14(18)10-15(9-13)21-17(20)16(11-19)12-5-3-2-4-6-12;1-5(2,3)4/h2*2-6,13-16,19H,7-11H2,1H3;(H2,1,2,3,4)/t2*13-,14+,15?,16?;/i2*17+2;. The minimum atomic E-state index is -4.67. The predicted octanol–water partition coefficient (Wildman–Crippen LogP) is 3.21. The van der Waals surface area contributed by atoms with Crippen LogP contribution in [0.4, 0.5) is 0 Å². The minimum absolute atomic E-state index is 0.00367. The Balaban J connectivity index is 0.000000186. The van der Waals surface area contributed by atoms with Crippen molar-refractivity contribution in [1.29, 1.82) is 0 Å². The molecule has 260 valence electrons. The summed E-state index contributed by atoms with van der Waals surface area (Å²) in [5.41, 5.74) is 1.64. The number of carbonyl (C=O) groups is 2. The van der Waals surface area contributed by atoms with Crippen molar-refractivity contribution in [2.24, 2.45) is 0 Å². The van der Waals surface area contributed by atoms with Crippen molar-refractivity contribution in [3.63, 3.8) is 0 Å². The fourth-order valence-electron chi connectivity index (χ4n) is 7.41. The van der Waals surface area contributed by atoms with Crippen molar-refractivity contribution in [1.82, 2.24) is 9.80 Å². The highest BCUT2D eigenvalue weighted by atomic mass is 32.3. The molecule has 0 radical (unpaired) electrons. The van der Waals surface area contributed by atoms with E-state index in [0.29, 0.717) is 24.2 Å². The Morgan fingerprint density at radius 1 is 0.660 bits per heavy atom. The van der Waals surface area contributed by atoms with Crippen LogP contribution in [0.15, 0.2) is 60.7 Å². The minimum Gasteiger partial charge on any atom is -0.462 e. The average molecular weight is 681 g/mol. The van der Waals surface area contributed by atoms with E-state index >= 15 is 0 Å². The van der Waals surface area contributed by atoms with Gasteiger partial charge >= 0.3 is 22.3 Å². The summed E-state index contributed by atoms with van der Waals surface area (Å²) in [6, 6.07) is 20.9. The molecule has 0 amide bonds. The lowest BCUT2D eigenvalue weighted by molar-refractivity contribution is -0.156. The van der Waals surface area contributed by atoms with E-state index in [4.69, 9.17) is 27.0 Å². The van der Waals surface area contributed by atoms with Crippen molar-refractivity contribution in [3.05, 3.63) is 71.8 Å². The molecule has 4 N–H and O–H groups in total. The van der Waals surface area contributed by atoms with Gasteiger partial charge < -0.3 is 29.5 Å². The molecular weight excluding hydrogens is 632 g/mol. The molecule has 4 unspecified atom stereocenters. The van der Waals surface area contributed by atoms with Gasteiger partial charge in [0, 0.05) is 24.2 Å². The Morgan fingerprint density at radius 3 is 1.19 bits per heavy atom. The fraction of sp³-hybridized carbons (Fsp3) is 0.588. The first kappa shape index (κ1) is 36.9. The fourth-order valence-corrected chi connectivity index (χ4v) is 7.41. The van der Waals surface area contributed by atoms with E-state index in [1.54, 1.807) is 0 Å². The molecule has 4 bridgehead atoms. The third kappa shape index (κ3) is 10.5. The number of fused-ring (bicyclic) bond motifs is 4. The maximum atomic E-state index is 12.4. The molecule has 4 aliphatic rings. The number of nitrogens with zero attached hydrogens (tertiary/aromatic N) is 2. The molecule has 2 aromatic rings. The molecular formula is C34H48N2O10S. The molecule has 8 atom stereocenters. The average Bonchev–Trinajstić information content (AvgIpc) is 3.34. The monoisotopic (exact) mass is 680 g/mol. The molecule has 12 nitrogen and oxygen atoms in total. The number of carbonyl (C=O) groups excluding carboxylic acids is 2. The van der Waals surface area contributed by atoms with Crippen molar-refractivity contribution >= 4 is 22.3 Å². The quantitative estimate of drug-likeness (QED) is 0.237. The summed E-state index contributed by atoms with van der Waals surface area (Å²) in [6.07, 6.45) is 8.52. The molecule has 13 heteroatoms. The van der Waals surface area contributed by atoms with Crippen LogP contribution in [-0.4, -0.2) is 113 Å². The van der Waals surface area contributed by atoms with E-state index < -0.39 is 22.2 Å². The first-order valence-corrected chi connectivity index (χ1v) is 17.6. The van der Waals surface area contributed by atoms with Crippen LogP contribution in [0.1, 0.15) is 74.3 Å². The van der Waals surface area contributed by atoms with E-state index in [0.717, 1.165) is 36.8 Å². The Morgan fingerprint density at radius 2 is 0.936 bits per heavy atom. The lowest BCUT2D eigenvalue weighted by atomic mass is 10.0. The SMILES string of the molecule is CN1[C@@H]2CC[C@H]1CC(O[14C](=O)C(CO)c1ccccc1)C2.CN1[C@@H]2CC[C@H]1CC(O[14C](=O)C(CO)c1ccccc1)C2.O=S(=O)(O)O. The van der Waals surface area contributed by atoms with Crippen LogP contribution < -0.4 is 0 Å². The number of aliphatic hydroxyl groups is 2. The normalized spacial score (nSPS) is 28.1. The Bertz CT molecular complexity index is 1270. The van der Waals surface area contributed by atoms with E-state index in [1.807, 2.05) is 60.7 Å². The number of rotatable bonds is 8. The first-order valence-electron chi connectivity index (χ1n) is 16.2. The van der Waals surface area contributed by atoms with Crippen LogP contribution >= 0.6 is 0 Å². The van der Waals surface area contributed by atoms with Gasteiger partial charge in [0.25, 0.3) is 0 Å².